The van der Waals surface area contributed by atoms with Crippen molar-refractivity contribution in [2.45, 2.75) is 26.7 Å². The van der Waals surface area contributed by atoms with Crippen molar-refractivity contribution in [2.24, 2.45) is 13.0 Å². The average Bonchev–Trinajstić information content (AvgIpc) is 2.99. The van der Waals surface area contributed by atoms with Gasteiger partial charge in [-0.15, -0.1) is 0 Å². The lowest BCUT2D eigenvalue weighted by Crippen LogP contribution is -2.13. The third kappa shape index (κ3) is 4.77. The highest BCUT2D eigenvalue weighted by Gasteiger charge is 2.16. The van der Waals surface area contributed by atoms with E-state index in [0.717, 1.165) is 24.1 Å². The molecule has 0 spiro atoms. The fourth-order valence-electron chi connectivity index (χ4n) is 3.08. The lowest BCUT2D eigenvalue weighted by Gasteiger charge is -2.15. The first-order valence-corrected chi connectivity index (χ1v) is 10.2. The topological polar surface area (TPSA) is 46.9 Å². The second-order valence-electron chi connectivity index (χ2n) is 7.10. The van der Waals surface area contributed by atoms with Crippen LogP contribution >= 0.6 is 22.6 Å². The molecule has 0 aliphatic carbocycles. The van der Waals surface area contributed by atoms with Crippen molar-refractivity contribution in [3.05, 3.63) is 69.6 Å². The van der Waals surface area contributed by atoms with Crippen molar-refractivity contribution in [3.63, 3.8) is 0 Å². The number of para-hydroxylation sites is 1. The van der Waals surface area contributed by atoms with Gasteiger partial charge in [0.2, 0.25) is 0 Å². The monoisotopic (exact) mass is 473 g/mol. The zero-order valence-electron chi connectivity index (χ0n) is 15.9. The number of halogens is 1. The van der Waals surface area contributed by atoms with Crippen LogP contribution in [-0.2, 0) is 13.5 Å². The number of carbonyl (C=O) groups excluding carboxylic acids is 1. The number of nitrogens with one attached hydrogen (secondary N) is 1. The van der Waals surface area contributed by atoms with Crippen molar-refractivity contribution in [3.8, 4) is 11.1 Å². The van der Waals surface area contributed by atoms with Gasteiger partial charge in [0.05, 0.1) is 5.56 Å². The quantitative estimate of drug-likeness (QED) is 0.479. The van der Waals surface area contributed by atoms with Gasteiger partial charge in [0.15, 0.2) is 0 Å². The van der Waals surface area contributed by atoms with Crippen molar-refractivity contribution in [2.75, 3.05) is 5.32 Å². The third-order valence-electron chi connectivity index (χ3n) is 4.50. The highest BCUT2D eigenvalue weighted by Crippen LogP contribution is 2.32. The fourth-order valence-corrected chi connectivity index (χ4v) is 3.80. The van der Waals surface area contributed by atoms with E-state index in [1.54, 1.807) is 10.9 Å². The fraction of sp³-hybridized carbons (Fsp3) is 0.273. The standard InChI is InChI=1S/C22H24IN3O/c1-15(2)12-13-16-8-4-5-9-17(16)18-10-6-7-11-20(18)24-22(27)19-14-26(3)25-21(19)23/h4-11,14-15H,12-13H2,1-3H3,(H,24,27). The maximum atomic E-state index is 12.8. The first kappa shape index (κ1) is 19.6. The smallest absolute Gasteiger partial charge is 0.259 e. The molecule has 0 unspecified atom stereocenters. The highest BCUT2D eigenvalue weighted by atomic mass is 127. The van der Waals surface area contributed by atoms with Crippen molar-refractivity contribution in [1.82, 2.24) is 9.78 Å². The van der Waals surface area contributed by atoms with Crippen molar-refractivity contribution < 1.29 is 4.79 Å². The summed E-state index contributed by atoms with van der Waals surface area (Å²) in [6, 6.07) is 16.4. The first-order valence-electron chi connectivity index (χ1n) is 9.13. The molecule has 0 fully saturated rings. The van der Waals surface area contributed by atoms with E-state index in [2.05, 4.69) is 77.2 Å². The minimum Gasteiger partial charge on any atom is -0.321 e. The number of carbonyl (C=O) groups is 1. The predicted molar refractivity (Wildman–Crippen MR) is 119 cm³/mol. The number of benzene rings is 2. The maximum Gasteiger partial charge on any atom is 0.259 e. The van der Waals surface area contributed by atoms with E-state index in [1.165, 1.54) is 11.1 Å². The molecule has 1 N–H and O–H groups in total. The Kier molecular flexibility index (Phi) is 6.31. The molecule has 0 atom stereocenters. The van der Waals surface area contributed by atoms with Gasteiger partial charge in [0, 0.05) is 24.5 Å². The minimum atomic E-state index is -0.139. The number of nitrogens with zero attached hydrogens (tertiary/aromatic N) is 2. The van der Waals surface area contributed by atoms with Crippen LogP contribution in [0, 0.1) is 9.62 Å². The summed E-state index contributed by atoms with van der Waals surface area (Å²) in [5, 5.41) is 7.33. The summed E-state index contributed by atoms with van der Waals surface area (Å²) in [4.78, 5) is 12.8. The van der Waals surface area contributed by atoms with Gasteiger partial charge in [0.25, 0.3) is 5.91 Å². The summed E-state index contributed by atoms with van der Waals surface area (Å²) < 4.78 is 2.35. The molecule has 3 rings (SSSR count). The van der Waals surface area contributed by atoms with Crippen LogP contribution in [-0.4, -0.2) is 15.7 Å². The molecule has 0 radical (unpaired) electrons. The molecular weight excluding hydrogens is 449 g/mol. The van der Waals surface area contributed by atoms with Crippen LogP contribution in [0.5, 0.6) is 0 Å². The first-order chi connectivity index (χ1) is 13.0. The Morgan fingerprint density at radius 3 is 2.44 bits per heavy atom. The van der Waals surface area contributed by atoms with Crippen molar-refractivity contribution >= 4 is 34.2 Å². The molecule has 1 heterocycles. The van der Waals surface area contributed by atoms with Gasteiger partial charge in [-0.05, 0) is 58.5 Å². The third-order valence-corrected chi connectivity index (χ3v) is 5.30. The zero-order chi connectivity index (χ0) is 19.4. The predicted octanol–water partition coefficient (Wildman–Crippen LogP) is 5.53. The van der Waals surface area contributed by atoms with Crippen LogP contribution in [0.3, 0.4) is 0 Å². The number of amides is 1. The molecule has 5 heteroatoms. The number of rotatable bonds is 6. The summed E-state index contributed by atoms with van der Waals surface area (Å²) in [7, 11) is 1.82. The number of anilines is 1. The van der Waals surface area contributed by atoms with E-state index in [4.69, 9.17) is 0 Å². The summed E-state index contributed by atoms with van der Waals surface area (Å²) in [5.41, 5.74) is 4.93. The molecule has 1 aromatic heterocycles. The van der Waals surface area contributed by atoms with Gasteiger partial charge in [-0.1, -0.05) is 56.3 Å². The van der Waals surface area contributed by atoms with E-state index in [9.17, 15) is 4.79 Å². The van der Waals surface area contributed by atoms with Gasteiger partial charge >= 0.3 is 0 Å². The number of aryl methyl sites for hydroxylation is 2. The zero-order valence-corrected chi connectivity index (χ0v) is 18.0. The molecule has 27 heavy (non-hydrogen) atoms. The normalized spacial score (nSPS) is 11.0. The SMILES string of the molecule is CC(C)CCc1ccccc1-c1ccccc1NC(=O)c1cn(C)nc1I. The Morgan fingerprint density at radius 1 is 1.11 bits per heavy atom. The molecule has 140 valence electrons. The van der Waals surface area contributed by atoms with Crippen LogP contribution in [0.4, 0.5) is 5.69 Å². The van der Waals surface area contributed by atoms with E-state index < -0.39 is 0 Å². The Labute approximate surface area is 174 Å². The molecule has 0 bridgehead atoms. The van der Waals surface area contributed by atoms with Gasteiger partial charge in [-0.3, -0.25) is 9.48 Å². The molecule has 4 nitrogen and oxygen atoms in total. The summed E-state index contributed by atoms with van der Waals surface area (Å²) >= 11 is 2.09. The second kappa shape index (κ2) is 8.69. The van der Waals surface area contributed by atoms with E-state index in [0.29, 0.717) is 15.2 Å². The van der Waals surface area contributed by atoms with Gasteiger partial charge in [0.1, 0.15) is 3.70 Å². The Hall–Kier alpha value is -2.15. The molecule has 1 amide bonds. The largest absolute Gasteiger partial charge is 0.321 e. The number of hydrogen-bond acceptors (Lipinski definition) is 2. The van der Waals surface area contributed by atoms with Crippen LogP contribution in [0.2, 0.25) is 0 Å². The molecule has 0 aliphatic heterocycles. The lowest BCUT2D eigenvalue weighted by atomic mass is 9.93. The molecule has 0 saturated carbocycles. The highest BCUT2D eigenvalue weighted by molar-refractivity contribution is 14.1. The molecular formula is C22H24IN3O. The van der Waals surface area contributed by atoms with E-state index >= 15 is 0 Å². The van der Waals surface area contributed by atoms with E-state index in [-0.39, 0.29) is 5.91 Å². The van der Waals surface area contributed by atoms with Crippen LogP contribution in [0.1, 0.15) is 36.2 Å². The van der Waals surface area contributed by atoms with Crippen LogP contribution < -0.4 is 5.32 Å². The van der Waals surface area contributed by atoms with E-state index in [1.807, 2.05) is 25.2 Å². The summed E-state index contributed by atoms with van der Waals surface area (Å²) in [6.07, 6.45) is 3.91. The lowest BCUT2D eigenvalue weighted by molar-refractivity contribution is 0.102. The molecule has 2 aromatic carbocycles. The Bertz CT molecular complexity index is 946. The minimum absolute atomic E-state index is 0.139. The van der Waals surface area contributed by atoms with Gasteiger partial charge < -0.3 is 5.32 Å². The average molecular weight is 473 g/mol. The van der Waals surface area contributed by atoms with Gasteiger partial charge in [-0.2, -0.15) is 5.10 Å². The molecule has 3 aromatic rings. The Morgan fingerprint density at radius 2 is 1.78 bits per heavy atom. The molecule has 0 saturated heterocycles. The van der Waals surface area contributed by atoms with Crippen LogP contribution in [0.25, 0.3) is 11.1 Å². The number of hydrogen-bond donors (Lipinski definition) is 1. The van der Waals surface area contributed by atoms with Gasteiger partial charge in [-0.25, -0.2) is 0 Å². The van der Waals surface area contributed by atoms with Crippen LogP contribution in [0.15, 0.2) is 54.7 Å². The number of aromatic nitrogens is 2. The second-order valence-corrected chi connectivity index (χ2v) is 8.12. The van der Waals surface area contributed by atoms with Crippen molar-refractivity contribution in [1.29, 1.82) is 0 Å². The summed E-state index contributed by atoms with van der Waals surface area (Å²) in [5.74, 6) is 0.514. The summed E-state index contributed by atoms with van der Waals surface area (Å²) in [6.45, 7) is 4.48. The maximum absolute atomic E-state index is 12.8. The Balaban J connectivity index is 1.93. The molecule has 0 aliphatic rings.